The van der Waals surface area contributed by atoms with Gasteiger partial charge in [-0.1, -0.05) is 19.8 Å². The van der Waals surface area contributed by atoms with Gasteiger partial charge >= 0.3 is 0 Å². The summed E-state index contributed by atoms with van der Waals surface area (Å²) in [5.41, 5.74) is 0. The number of carbonyl (C=O) groups excluding carboxylic acids is 1. The molecule has 0 saturated carbocycles. The van der Waals surface area contributed by atoms with Gasteiger partial charge in [-0.25, -0.2) is 0 Å². The summed E-state index contributed by atoms with van der Waals surface area (Å²) in [5, 5.41) is 3.60. The lowest BCUT2D eigenvalue weighted by Gasteiger charge is -2.34. The van der Waals surface area contributed by atoms with E-state index in [-0.39, 0.29) is 0 Å². The van der Waals surface area contributed by atoms with Crippen molar-refractivity contribution in [2.45, 2.75) is 57.9 Å². The van der Waals surface area contributed by atoms with Crippen molar-refractivity contribution in [2.24, 2.45) is 0 Å². The maximum Gasteiger partial charge on any atom is 0.236 e. The van der Waals surface area contributed by atoms with E-state index in [0.29, 0.717) is 18.5 Å². The fourth-order valence-electron chi connectivity index (χ4n) is 3.33. The van der Waals surface area contributed by atoms with Crippen LogP contribution in [0.15, 0.2) is 0 Å². The zero-order valence-electron chi connectivity index (χ0n) is 13.1. The summed E-state index contributed by atoms with van der Waals surface area (Å²) in [6.07, 6.45) is 8.61. The van der Waals surface area contributed by atoms with Crippen LogP contribution in [0.4, 0.5) is 0 Å². The smallest absolute Gasteiger partial charge is 0.236 e. The average molecular weight is 281 g/mol. The van der Waals surface area contributed by atoms with Crippen molar-refractivity contribution in [3.05, 3.63) is 0 Å². The molecule has 4 nitrogen and oxygen atoms in total. The zero-order chi connectivity index (χ0) is 14.2. The lowest BCUT2D eigenvalue weighted by atomic mass is 10.1. The second-order valence-corrected chi connectivity index (χ2v) is 6.32. The van der Waals surface area contributed by atoms with Gasteiger partial charge in [0.05, 0.1) is 6.54 Å². The second-order valence-electron chi connectivity index (χ2n) is 6.32. The van der Waals surface area contributed by atoms with E-state index in [4.69, 9.17) is 0 Å². The van der Waals surface area contributed by atoms with Gasteiger partial charge in [0, 0.05) is 25.7 Å². The third-order valence-corrected chi connectivity index (χ3v) is 4.51. The first kappa shape index (κ1) is 15.8. The minimum absolute atomic E-state index is 0.350. The van der Waals surface area contributed by atoms with Gasteiger partial charge in [-0.3, -0.25) is 9.69 Å². The van der Waals surface area contributed by atoms with Crippen LogP contribution in [0.2, 0.25) is 0 Å². The minimum atomic E-state index is 0.350. The molecule has 1 N–H and O–H groups in total. The molecule has 1 atom stereocenters. The molecule has 116 valence electrons. The first-order valence-corrected chi connectivity index (χ1v) is 8.53. The van der Waals surface area contributed by atoms with E-state index in [2.05, 4.69) is 22.0 Å². The molecule has 2 heterocycles. The maximum atomic E-state index is 12.4. The van der Waals surface area contributed by atoms with Crippen LogP contribution in [0.3, 0.4) is 0 Å². The Morgan fingerprint density at radius 2 is 1.85 bits per heavy atom. The number of rotatable bonds is 5. The van der Waals surface area contributed by atoms with Crippen molar-refractivity contribution in [3.8, 4) is 0 Å². The molecule has 1 unspecified atom stereocenters. The zero-order valence-corrected chi connectivity index (χ0v) is 13.1. The molecule has 0 aromatic carbocycles. The van der Waals surface area contributed by atoms with Crippen LogP contribution in [0.25, 0.3) is 0 Å². The Morgan fingerprint density at radius 1 is 1.10 bits per heavy atom. The van der Waals surface area contributed by atoms with Crippen molar-refractivity contribution in [1.82, 2.24) is 15.1 Å². The van der Waals surface area contributed by atoms with E-state index < -0.39 is 0 Å². The molecule has 0 radical (unpaired) electrons. The molecule has 0 aromatic rings. The van der Waals surface area contributed by atoms with Gasteiger partial charge in [-0.15, -0.1) is 0 Å². The fourth-order valence-corrected chi connectivity index (χ4v) is 3.33. The molecule has 4 heteroatoms. The average Bonchev–Trinajstić information content (AvgIpc) is 2.74. The Balaban J connectivity index is 1.74. The van der Waals surface area contributed by atoms with Crippen LogP contribution in [0.1, 0.15) is 51.9 Å². The number of nitrogens with one attached hydrogen (secondary N) is 1. The third kappa shape index (κ3) is 5.06. The van der Waals surface area contributed by atoms with Gasteiger partial charge in [0.2, 0.25) is 5.91 Å². The SMILES string of the molecule is CCCNC1CCCN(CC(=O)N2CCCCCC2)C1. The van der Waals surface area contributed by atoms with E-state index in [0.717, 1.165) is 32.7 Å². The Hall–Kier alpha value is -0.610. The van der Waals surface area contributed by atoms with Gasteiger partial charge in [0.15, 0.2) is 0 Å². The van der Waals surface area contributed by atoms with Gasteiger partial charge in [0.25, 0.3) is 0 Å². The first-order chi connectivity index (χ1) is 9.79. The predicted octanol–water partition coefficient (Wildman–Crippen LogP) is 1.85. The lowest BCUT2D eigenvalue weighted by Crippen LogP contribution is -2.49. The molecule has 0 bridgehead atoms. The molecule has 0 aromatic heterocycles. The summed E-state index contributed by atoms with van der Waals surface area (Å²) in [6.45, 7) is 8.01. The lowest BCUT2D eigenvalue weighted by molar-refractivity contribution is -0.132. The highest BCUT2D eigenvalue weighted by Crippen LogP contribution is 2.13. The number of carbonyl (C=O) groups is 1. The van der Waals surface area contributed by atoms with Crippen molar-refractivity contribution < 1.29 is 4.79 Å². The largest absolute Gasteiger partial charge is 0.342 e. The summed E-state index contributed by atoms with van der Waals surface area (Å²) in [4.78, 5) is 16.8. The molecule has 2 rings (SSSR count). The highest BCUT2D eigenvalue weighted by molar-refractivity contribution is 5.78. The van der Waals surface area contributed by atoms with Crippen LogP contribution >= 0.6 is 0 Å². The Morgan fingerprint density at radius 3 is 2.55 bits per heavy atom. The highest BCUT2D eigenvalue weighted by atomic mass is 16.2. The third-order valence-electron chi connectivity index (χ3n) is 4.51. The normalized spacial score (nSPS) is 25.4. The molecule has 2 aliphatic heterocycles. The predicted molar refractivity (Wildman–Crippen MR) is 82.8 cm³/mol. The summed E-state index contributed by atoms with van der Waals surface area (Å²) in [6, 6.07) is 0.584. The second kappa shape index (κ2) is 8.63. The molecule has 20 heavy (non-hydrogen) atoms. The Kier molecular flexibility index (Phi) is 6.80. The van der Waals surface area contributed by atoms with E-state index >= 15 is 0 Å². The molecule has 0 spiro atoms. The first-order valence-electron chi connectivity index (χ1n) is 8.53. The molecule has 1 amide bonds. The molecule has 2 aliphatic rings. The van der Waals surface area contributed by atoms with Crippen LogP contribution in [-0.4, -0.2) is 61.0 Å². The Labute approximate surface area is 123 Å². The molecule has 0 aliphatic carbocycles. The standard InChI is InChI=1S/C16H31N3O/c1-2-9-17-15-8-7-10-18(13-15)14-16(20)19-11-5-3-4-6-12-19/h15,17H,2-14H2,1H3. The maximum absolute atomic E-state index is 12.4. The molecule has 2 saturated heterocycles. The van der Waals surface area contributed by atoms with Crippen LogP contribution in [0, 0.1) is 0 Å². The van der Waals surface area contributed by atoms with Gasteiger partial charge < -0.3 is 10.2 Å². The summed E-state index contributed by atoms with van der Waals surface area (Å²) >= 11 is 0. The van der Waals surface area contributed by atoms with Crippen LogP contribution in [-0.2, 0) is 4.79 Å². The fraction of sp³-hybridized carbons (Fsp3) is 0.938. The number of hydrogen-bond donors (Lipinski definition) is 1. The van der Waals surface area contributed by atoms with Crippen LogP contribution < -0.4 is 5.32 Å². The van der Waals surface area contributed by atoms with Gasteiger partial charge in [-0.05, 0) is 45.2 Å². The number of amides is 1. The van der Waals surface area contributed by atoms with Crippen molar-refractivity contribution in [2.75, 3.05) is 39.3 Å². The number of piperidine rings is 1. The number of nitrogens with zero attached hydrogens (tertiary/aromatic N) is 2. The molecular weight excluding hydrogens is 250 g/mol. The summed E-state index contributed by atoms with van der Waals surface area (Å²) < 4.78 is 0. The molecule has 2 fully saturated rings. The van der Waals surface area contributed by atoms with Crippen LogP contribution in [0.5, 0.6) is 0 Å². The summed E-state index contributed by atoms with van der Waals surface area (Å²) in [5.74, 6) is 0.350. The summed E-state index contributed by atoms with van der Waals surface area (Å²) in [7, 11) is 0. The van der Waals surface area contributed by atoms with Crippen molar-refractivity contribution >= 4 is 5.91 Å². The monoisotopic (exact) mass is 281 g/mol. The van der Waals surface area contributed by atoms with E-state index in [1.165, 1.54) is 44.9 Å². The quantitative estimate of drug-likeness (QED) is 0.835. The number of hydrogen-bond acceptors (Lipinski definition) is 3. The number of likely N-dealkylation sites (tertiary alicyclic amines) is 2. The van der Waals surface area contributed by atoms with E-state index in [9.17, 15) is 4.79 Å². The van der Waals surface area contributed by atoms with Crippen molar-refractivity contribution in [1.29, 1.82) is 0 Å². The topological polar surface area (TPSA) is 35.6 Å². The van der Waals surface area contributed by atoms with E-state index in [1.54, 1.807) is 0 Å². The highest BCUT2D eigenvalue weighted by Gasteiger charge is 2.23. The van der Waals surface area contributed by atoms with Crippen molar-refractivity contribution in [3.63, 3.8) is 0 Å². The van der Waals surface area contributed by atoms with E-state index in [1.807, 2.05) is 0 Å². The Bertz CT molecular complexity index is 287. The molecular formula is C16H31N3O. The van der Waals surface area contributed by atoms with Gasteiger partial charge in [0.1, 0.15) is 0 Å². The minimum Gasteiger partial charge on any atom is -0.342 e. The van der Waals surface area contributed by atoms with Gasteiger partial charge in [-0.2, -0.15) is 0 Å².